The van der Waals surface area contributed by atoms with Crippen molar-refractivity contribution in [2.45, 2.75) is 30.8 Å². The van der Waals surface area contributed by atoms with Gasteiger partial charge in [-0.15, -0.1) is 0 Å². The first-order chi connectivity index (χ1) is 8.47. The van der Waals surface area contributed by atoms with Crippen LogP contribution in [-0.2, 0) is 0 Å². The Hall–Kier alpha value is -1.62. The van der Waals surface area contributed by atoms with E-state index in [1.165, 1.54) is 17.8 Å². The molecule has 0 aliphatic heterocycles. The molecule has 0 radical (unpaired) electrons. The Bertz CT molecular complexity index is 576. The van der Waals surface area contributed by atoms with E-state index in [0.29, 0.717) is 15.7 Å². The number of benzene rings is 1. The maximum Gasteiger partial charge on any atom is 0.192 e. The second-order valence-corrected chi connectivity index (χ2v) is 5.10. The maximum absolute atomic E-state index is 13.7. The van der Waals surface area contributed by atoms with Crippen LogP contribution in [0.2, 0.25) is 0 Å². The van der Waals surface area contributed by atoms with Crippen LogP contribution in [-0.4, -0.2) is 9.97 Å². The van der Waals surface area contributed by atoms with Crippen LogP contribution < -0.4 is 5.73 Å². The lowest BCUT2D eigenvalue weighted by Gasteiger charge is -2.07. The molecule has 1 aromatic heterocycles. The fourth-order valence-corrected chi connectivity index (χ4v) is 2.34. The minimum atomic E-state index is -0.348. The van der Waals surface area contributed by atoms with Crippen molar-refractivity contribution < 1.29 is 4.39 Å². The van der Waals surface area contributed by atoms with Crippen LogP contribution in [0.3, 0.4) is 0 Å². The molecule has 18 heavy (non-hydrogen) atoms. The summed E-state index contributed by atoms with van der Waals surface area (Å²) in [6.07, 6.45) is 0. The Balaban J connectivity index is 2.34. The van der Waals surface area contributed by atoms with Crippen LogP contribution >= 0.6 is 11.8 Å². The lowest BCUT2D eigenvalue weighted by molar-refractivity contribution is 0.602. The summed E-state index contributed by atoms with van der Waals surface area (Å²) in [5.41, 5.74) is 8.82. The van der Waals surface area contributed by atoms with Crippen LogP contribution in [0.25, 0.3) is 0 Å². The molecule has 0 saturated carbocycles. The normalized spacial score (nSPS) is 10.7. The quantitative estimate of drug-likeness (QED) is 0.667. The number of hydrogen-bond donors (Lipinski definition) is 1. The monoisotopic (exact) mass is 263 g/mol. The molecule has 2 rings (SSSR count). The SMILES string of the molecule is Cc1nc(Sc2ccc(N)cc2F)nc(C)c1C. The maximum atomic E-state index is 13.7. The second kappa shape index (κ2) is 4.94. The molecule has 5 heteroatoms. The van der Waals surface area contributed by atoms with Crippen LogP contribution in [0.15, 0.2) is 28.3 Å². The van der Waals surface area contributed by atoms with Gasteiger partial charge in [-0.05, 0) is 56.3 Å². The van der Waals surface area contributed by atoms with Crippen molar-refractivity contribution in [1.29, 1.82) is 0 Å². The average molecular weight is 263 g/mol. The summed E-state index contributed by atoms with van der Waals surface area (Å²) in [5.74, 6) is -0.348. The van der Waals surface area contributed by atoms with E-state index in [-0.39, 0.29) is 5.82 Å². The van der Waals surface area contributed by atoms with Crippen molar-refractivity contribution in [3.63, 3.8) is 0 Å². The summed E-state index contributed by atoms with van der Waals surface area (Å²) in [6, 6.07) is 4.61. The Morgan fingerprint density at radius 3 is 2.28 bits per heavy atom. The predicted octanol–water partition coefficient (Wildman–Crippen LogP) is 3.27. The molecular formula is C13H14FN3S. The molecule has 0 fully saturated rings. The topological polar surface area (TPSA) is 51.8 Å². The van der Waals surface area contributed by atoms with Crippen LogP contribution in [0, 0.1) is 26.6 Å². The molecule has 0 amide bonds. The molecule has 3 nitrogen and oxygen atoms in total. The van der Waals surface area contributed by atoms with Crippen molar-refractivity contribution in [3.8, 4) is 0 Å². The van der Waals surface area contributed by atoms with E-state index in [1.54, 1.807) is 12.1 Å². The number of aromatic nitrogens is 2. The smallest absolute Gasteiger partial charge is 0.192 e. The molecule has 0 spiro atoms. The average Bonchev–Trinajstić information content (AvgIpc) is 2.29. The van der Waals surface area contributed by atoms with Gasteiger partial charge in [0.05, 0.1) is 4.90 Å². The minimum absolute atomic E-state index is 0.348. The van der Waals surface area contributed by atoms with Gasteiger partial charge in [0.15, 0.2) is 5.16 Å². The van der Waals surface area contributed by atoms with Gasteiger partial charge in [0.25, 0.3) is 0 Å². The summed E-state index contributed by atoms with van der Waals surface area (Å²) >= 11 is 1.21. The van der Waals surface area contributed by atoms with Gasteiger partial charge in [0.2, 0.25) is 0 Å². The Morgan fingerprint density at radius 2 is 1.72 bits per heavy atom. The number of rotatable bonds is 2. The summed E-state index contributed by atoms with van der Waals surface area (Å²) < 4.78 is 13.7. The van der Waals surface area contributed by atoms with E-state index in [1.807, 2.05) is 20.8 Å². The number of nitrogens with two attached hydrogens (primary N) is 1. The van der Waals surface area contributed by atoms with E-state index in [4.69, 9.17) is 5.73 Å². The fourth-order valence-electron chi connectivity index (χ4n) is 1.49. The largest absolute Gasteiger partial charge is 0.399 e. The highest BCUT2D eigenvalue weighted by Gasteiger charge is 2.09. The van der Waals surface area contributed by atoms with Gasteiger partial charge in [-0.1, -0.05) is 0 Å². The zero-order chi connectivity index (χ0) is 13.3. The molecular weight excluding hydrogens is 249 g/mol. The molecule has 0 bridgehead atoms. The molecule has 0 aliphatic rings. The second-order valence-electron chi connectivity index (χ2n) is 4.09. The number of anilines is 1. The lowest BCUT2D eigenvalue weighted by Crippen LogP contribution is -1.98. The lowest BCUT2D eigenvalue weighted by atomic mass is 10.2. The van der Waals surface area contributed by atoms with Crippen molar-refractivity contribution in [2.24, 2.45) is 0 Å². The summed E-state index contributed by atoms with van der Waals surface area (Å²) in [5, 5.41) is 0.555. The van der Waals surface area contributed by atoms with Gasteiger partial charge in [-0.25, -0.2) is 14.4 Å². The van der Waals surface area contributed by atoms with E-state index in [0.717, 1.165) is 17.0 Å². The van der Waals surface area contributed by atoms with E-state index >= 15 is 0 Å². The van der Waals surface area contributed by atoms with Gasteiger partial charge in [-0.2, -0.15) is 0 Å². The number of halogens is 1. The van der Waals surface area contributed by atoms with Gasteiger partial charge in [-0.3, -0.25) is 0 Å². The van der Waals surface area contributed by atoms with Gasteiger partial charge in [0.1, 0.15) is 5.82 Å². The van der Waals surface area contributed by atoms with Gasteiger partial charge >= 0.3 is 0 Å². The van der Waals surface area contributed by atoms with Crippen molar-refractivity contribution in [1.82, 2.24) is 9.97 Å². The highest BCUT2D eigenvalue weighted by Crippen LogP contribution is 2.29. The summed E-state index contributed by atoms with van der Waals surface area (Å²) in [6.45, 7) is 5.82. The first kappa shape index (κ1) is 12.8. The predicted molar refractivity (Wildman–Crippen MR) is 71.2 cm³/mol. The molecule has 0 aliphatic carbocycles. The van der Waals surface area contributed by atoms with E-state index in [9.17, 15) is 4.39 Å². The molecule has 0 atom stereocenters. The molecule has 1 aromatic carbocycles. The highest BCUT2D eigenvalue weighted by molar-refractivity contribution is 7.99. The Kier molecular flexibility index (Phi) is 3.52. The van der Waals surface area contributed by atoms with Crippen molar-refractivity contribution in [2.75, 3.05) is 5.73 Å². The minimum Gasteiger partial charge on any atom is -0.399 e. The molecule has 0 saturated heterocycles. The van der Waals surface area contributed by atoms with Crippen LogP contribution in [0.1, 0.15) is 17.0 Å². The molecule has 94 valence electrons. The molecule has 2 N–H and O–H groups in total. The molecule has 1 heterocycles. The summed E-state index contributed by atoms with van der Waals surface area (Å²) in [4.78, 5) is 9.17. The number of nitrogens with zero attached hydrogens (tertiary/aromatic N) is 2. The Morgan fingerprint density at radius 1 is 1.11 bits per heavy atom. The third kappa shape index (κ3) is 2.61. The first-order valence-corrected chi connectivity index (χ1v) is 6.33. The van der Waals surface area contributed by atoms with Gasteiger partial charge < -0.3 is 5.73 Å². The van der Waals surface area contributed by atoms with Crippen LogP contribution in [0.4, 0.5) is 10.1 Å². The van der Waals surface area contributed by atoms with Gasteiger partial charge in [0, 0.05) is 17.1 Å². The van der Waals surface area contributed by atoms with E-state index < -0.39 is 0 Å². The Labute approximate surface area is 110 Å². The standard InChI is InChI=1S/C13H14FN3S/c1-7-8(2)16-13(17-9(7)3)18-12-5-4-10(15)6-11(12)14/h4-6H,15H2,1-3H3. The van der Waals surface area contributed by atoms with Crippen molar-refractivity contribution >= 4 is 17.4 Å². The van der Waals surface area contributed by atoms with Crippen molar-refractivity contribution in [3.05, 3.63) is 41.0 Å². The number of hydrogen-bond acceptors (Lipinski definition) is 4. The summed E-state index contributed by atoms with van der Waals surface area (Å²) in [7, 11) is 0. The number of nitrogen functional groups attached to an aromatic ring is 1. The van der Waals surface area contributed by atoms with Crippen LogP contribution in [0.5, 0.6) is 0 Å². The third-order valence-corrected chi connectivity index (χ3v) is 3.69. The third-order valence-electron chi connectivity index (χ3n) is 2.77. The fraction of sp³-hybridized carbons (Fsp3) is 0.231. The highest BCUT2D eigenvalue weighted by atomic mass is 32.2. The first-order valence-electron chi connectivity index (χ1n) is 5.52. The molecule has 0 unspecified atom stereocenters. The van der Waals surface area contributed by atoms with E-state index in [2.05, 4.69) is 9.97 Å². The zero-order valence-corrected chi connectivity index (χ0v) is 11.3. The molecule has 2 aromatic rings. The zero-order valence-electron chi connectivity index (χ0n) is 10.5. The number of aryl methyl sites for hydroxylation is 2.